The quantitative estimate of drug-likeness (QED) is 0.713. The van der Waals surface area contributed by atoms with Gasteiger partial charge in [-0.2, -0.15) is 8.78 Å². The number of halogens is 2. The van der Waals surface area contributed by atoms with E-state index in [4.69, 9.17) is 0 Å². The Morgan fingerprint density at radius 3 is 2.82 bits per heavy atom. The number of nitrogens with zero attached hydrogens (tertiary/aromatic N) is 1. The molecule has 2 aromatic rings. The van der Waals surface area contributed by atoms with Gasteiger partial charge in [0.15, 0.2) is 0 Å². The summed E-state index contributed by atoms with van der Waals surface area (Å²) in [6.45, 7) is -2.60. The molecule has 1 aliphatic rings. The summed E-state index contributed by atoms with van der Waals surface area (Å²) >= 11 is 1.58. The second kappa shape index (κ2) is 9.05. The highest BCUT2D eigenvalue weighted by molar-refractivity contribution is 7.98. The van der Waals surface area contributed by atoms with Crippen LogP contribution in [0.2, 0.25) is 0 Å². The highest BCUT2D eigenvalue weighted by Gasteiger charge is 2.35. The number of amides is 2. The predicted octanol–water partition coefficient (Wildman–Crippen LogP) is 3.68. The Kier molecular flexibility index (Phi) is 6.51. The van der Waals surface area contributed by atoms with E-state index in [2.05, 4.69) is 10.1 Å². The second-order valence-corrected chi connectivity index (χ2v) is 7.19. The zero-order valence-electron chi connectivity index (χ0n) is 15.2. The Bertz CT molecular complexity index is 863. The molecule has 0 aromatic heterocycles. The topological polar surface area (TPSA) is 58.6 Å². The number of para-hydroxylation sites is 1. The van der Waals surface area contributed by atoms with E-state index in [-0.39, 0.29) is 37.1 Å². The Morgan fingerprint density at radius 1 is 1.29 bits per heavy atom. The average Bonchev–Trinajstić information content (AvgIpc) is 3.08. The molecular formula is C20H20F2N2O3S. The second-order valence-electron chi connectivity index (χ2n) is 6.31. The highest BCUT2D eigenvalue weighted by Crippen LogP contribution is 2.28. The molecule has 1 aliphatic heterocycles. The smallest absolute Gasteiger partial charge is 0.387 e. The van der Waals surface area contributed by atoms with Crippen molar-refractivity contribution in [1.29, 1.82) is 0 Å². The SMILES string of the molecule is CSc1cccc(N2C[C@@H](C(=O)NCc3ccccc3OC(F)F)CC2=O)c1. The lowest BCUT2D eigenvalue weighted by molar-refractivity contribution is -0.126. The van der Waals surface area contributed by atoms with Gasteiger partial charge in [0.05, 0.1) is 5.92 Å². The number of hydrogen-bond acceptors (Lipinski definition) is 4. The van der Waals surface area contributed by atoms with Crippen molar-refractivity contribution in [2.45, 2.75) is 24.5 Å². The Morgan fingerprint density at radius 2 is 2.07 bits per heavy atom. The van der Waals surface area contributed by atoms with E-state index in [0.717, 1.165) is 10.6 Å². The molecule has 1 atom stereocenters. The minimum absolute atomic E-state index is 0.0239. The van der Waals surface area contributed by atoms with Gasteiger partial charge in [0.1, 0.15) is 5.75 Å². The fourth-order valence-corrected chi connectivity index (χ4v) is 3.55. The number of benzene rings is 2. The number of alkyl halides is 2. The standard InChI is InChI=1S/C20H20F2N2O3S/c1-28-16-7-4-6-15(10-16)24-12-14(9-18(24)25)19(26)23-11-13-5-2-3-8-17(13)27-20(21)22/h2-8,10,14,20H,9,11-12H2,1H3,(H,23,26)/t14-/m0/s1. The van der Waals surface area contributed by atoms with Gasteiger partial charge in [-0.15, -0.1) is 11.8 Å². The summed E-state index contributed by atoms with van der Waals surface area (Å²) in [5.41, 5.74) is 1.22. The van der Waals surface area contributed by atoms with Crippen molar-refractivity contribution in [3.8, 4) is 5.75 Å². The van der Waals surface area contributed by atoms with Gasteiger partial charge in [0.2, 0.25) is 11.8 Å². The van der Waals surface area contributed by atoms with E-state index in [1.165, 1.54) is 6.07 Å². The van der Waals surface area contributed by atoms with Crippen molar-refractivity contribution in [2.24, 2.45) is 5.92 Å². The largest absolute Gasteiger partial charge is 0.434 e. The van der Waals surface area contributed by atoms with Gasteiger partial charge in [-0.1, -0.05) is 24.3 Å². The molecule has 5 nitrogen and oxygen atoms in total. The monoisotopic (exact) mass is 406 g/mol. The lowest BCUT2D eigenvalue weighted by Gasteiger charge is -2.17. The summed E-state index contributed by atoms with van der Waals surface area (Å²) in [7, 11) is 0. The summed E-state index contributed by atoms with van der Waals surface area (Å²) < 4.78 is 29.5. The zero-order chi connectivity index (χ0) is 20.1. The van der Waals surface area contributed by atoms with Crippen LogP contribution in [0.4, 0.5) is 14.5 Å². The predicted molar refractivity (Wildman–Crippen MR) is 104 cm³/mol. The number of hydrogen-bond donors (Lipinski definition) is 1. The minimum Gasteiger partial charge on any atom is -0.434 e. The van der Waals surface area contributed by atoms with Crippen LogP contribution in [-0.2, 0) is 16.1 Å². The highest BCUT2D eigenvalue weighted by atomic mass is 32.2. The third-order valence-corrected chi connectivity index (χ3v) is 5.23. The molecule has 1 N–H and O–H groups in total. The van der Waals surface area contributed by atoms with Crippen LogP contribution in [0.5, 0.6) is 5.75 Å². The van der Waals surface area contributed by atoms with E-state index in [1.54, 1.807) is 34.9 Å². The third-order valence-electron chi connectivity index (χ3n) is 4.50. The van der Waals surface area contributed by atoms with Crippen LogP contribution in [0.15, 0.2) is 53.4 Å². The molecule has 28 heavy (non-hydrogen) atoms. The summed E-state index contributed by atoms with van der Waals surface area (Å²) in [6.07, 6.45) is 2.07. The van der Waals surface area contributed by atoms with Crippen molar-refractivity contribution < 1.29 is 23.1 Å². The first kappa shape index (κ1) is 20.1. The first-order chi connectivity index (χ1) is 13.5. The summed E-state index contributed by atoms with van der Waals surface area (Å²) in [6, 6.07) is 13.9. The van der Waals surface area contributed by atoms with E-state index in [1.807, 2.05) is 30.5 Å². The normalized spacial score (nSPS) is 16.5. The van der Waals surface area contributed by atoms with Gasteiger partial charge in [0.25, 0.3) is 0 Å². The molecule has 0 radical (unpaired) electrons. The number of rotatable bonds is 7. The molecule has 1 saturated heterocycles. The maximum Gasteiger partial charge on any atom is 0.387 e. The average molecular weight is 406 g/mol. The fourth-order valence-electron chi connectivity index (χ4n) is 3.10. The lowest BCUT2D eigenvalue weighted by atomic mass is 10.1. The number of thioether (sulfide) groups is 1. The van der Waals surface area contributed by atoms with Crippen LogP contribution in [0.1, 0.15) is 12.0 Å². The van der Waals surface area contributed by atoms with Crippen LogP contribution in [0.25, 0.3) is 0 Å². The van der Waals surface area contributed by atoms with Crippen LogP contribution < -0.4 is 15.0 Å². The van der Waals surface area contributed by atoms with Crippen molar-refractivity contribution in [3.63, 3.8) is 0 Å². The molecule has 148 valence electrons. The summed E-state index contributed by atoms with van der Waals surface area (Å²) in [4.78, 5) is 27.5. The third kappa shape index (κ3) is 4.81. The number of carbonyl (C=O) groups excluding carboxylic acids is 2. The number of nitrogens with one attached hydrogen (secondary N) is 1. The molecular weight excluding hydrogens is 386 g/mol. The Hall–Kier alpha value is -2.61. The first-order valence-electron chi connectivity index (χ1n) is 8.72. The number of carbonyl (C=O) groups is 2. The van der Waals surface area contributed by atoms with Crippen LogP contribution in [-0.4, -0.2) is 31.2 Å². The van der Waals surface area contributed by atoms with Gasteiger partial charge >= 0.3 is 6.61 Å². The molecule has 2 aromatic carbocycles. The van der Waals surface area contributed by atoms with E-state index in [9.17, 15) is 18.4 Å². The summed E-state index contributed by atoms with van der Waals surface area (Å²) in [5, 5.41) is 2.72. The van der Waals surface area contributed by atoms with Crippen molar-refractivity contribution >= 4 is 29.3 Å². The molecule has 0 spiro atoms. The van der Waals surface area contributed by atoms with Gasteiger partial charge in [-0.05, 0) is 30.5 Å². The van der Waals surface area contributed by atoms with Gasteiger partial charge in [-0.3, -0.25) is 9.59 Å². The molecule has 0 unspecified atom stereocenters. The molecule has 0 aliphatic carbocycles. The number of ether oxygens (including phenoxy) is 1. The van der Waals surface area contributed by atoms with Crippen LogP contribution in [0, 0.1) is 5.92 Å². The van der Waals surface area contributed by atoms with E-state index in [0.29, 0.717) is 5.56 Å². The first-order valence-corrected chi connectivity index (χ1v) is 9.95. The van der Waals surface area contributed by atoms with Gasteiger partial charge < -0.3 is 15.0 Å². The van der Waals surface area contributed by atoms with Crippen LogP contribution in [0.3, 0.4) is 0 Å². The molecule has 1 heterocycles. The molecule has 2 amide bonds. The van der Waals surface area contributed by atoms with E-state index >= 15 is 0 Å². The molecule has 3 rings (SSSR count). The van der Waals surface area contributed by atoms with Gasteiger partial charge in [-0.25, -0.2) is 0 Å². The number of anilines is 1. The lowest BCUT2D eigenvalue weighted by Crippen LogP contribution is -2.32. The Balaban J connectivity index is 1.62. The van der Waals surface area contributed by atoms with Crippen molar-refractivity contribution in [1.82, 2.24) is 5.32 Å². The molecule has 0 saturated carbocycles. The maximum atomic E-state index is 12.5. The van der Waals surface area contributed by atoms with Crippen LogP contribution >= 0.6 is 11.8 Å². The van der Waals surface area contributed by atoms with Gasteiger partial charge in [0, 0.05) is 35.7 Å². The molecule has 1 fully saturated rings. The minimum atomic E-state index is -2.94. The maximum absolute atomic E-state index is 12.5. The summed E-state index contributed by atoms with van der Waals surface area (Å²) in [5.74, 6) is -0.868. The van der Waals surface area contributed by atoms with Crippen molar-refractivity contribution in [2.75, 3.05) is 17.7 Å². The zero-order valence-corrected chi connectivity index (χ0v) is 16.0. The Labute approximate surface area is 166 Å². The fraction of sp³-hybridized carbons (Fsp3) is 0.300. The van der Waals surface area contributed by atoms with E-state index < -0.39 is 12.5 Å². The van der Waals surface area contributed by atoms with Crippen molar-refractivity contribution in [3.05, 3.63) is 54.1 Å². The molecule has 8 heteroatoms. The molecule has 0 bridgehead atoms.